The molecule has 17 heavy (non-hydrogen) atoms. The monoisotopic (exact) mass is 240 g/mol. The molecule has 94 valence electrons. The highest BCUT2D eigenvalue weighted by Crippen LogP contribution is 2.15. The minimum Gasteiger partial charge on any atom is -0.444 e. The molecule has 0 aromatic heterocycles. The second-order valence-electron chi connectivity index (χ2n) is 4.88. The molecular weight excluding hydrogens is 224 g/mol. The molecule has 0 bridgehead atoms. The molecule has 1 heterocycles. The van der Waals surface area contributed by atoms with Gasteiger partial charge in [-0.3, -0.25) is 4.79 Å². The van der Waals surface area contributed by atoms with Crippen molar-refractivity contribution in [3.05, 3.63) is 10.4 Å². The number of hydrogen-bond acceptors (Lipinski definition) is 4. The molecular formula is C10H16N4O3. The van der Waals surface area contributed by atoms with Crippen LogP contribution in [-0.4, -0.2) is 41.5 Å². The maximum atomic E-state index is 11.7. The van der Waals surface area contributed by atoms with Crippen molar-refractivity contribution in [3.8, 4) is 0 Å². The Balaban J connectivity index is 2.58. The number of nitrogens with zero attached hydrogens (tertiary/aromatic N) is 4. The Morgan fingerprint density at radius 2 is 2.24 bits per heavy atom. The van der Waals surface area contributed by atoms with Crippen molar-refractivity contribution in [2.75, 3.05) is 13.1 Å². The Kier molecular flexibility index (Phi) is 3.96. The van der Waals surface area contributed by atoms with E-state index < -0.39 is 17.7 Å². The van der Waals surface area contributed by atoms with E-state index in [1.54, 1.807) is 20.8 Å². The third-order valence-electron chi connectivity index (χ3n) is 2.23. The highest BCUT2D eigenvalue weighted by atomic mass is 16.6. The fourth-order valence-corrected chi connectivity index (χ4v) is 1.48. The van der Waals surface area contributed by atoms with Gasteiger partial charge in [-0.2, -0.15) is 0 Å². The number of Topliss-reactive ketones (excluding diaryl/α,β-unsaturated/α-hetero) is 1. The fraction of sp³-hybridized carbons (Fsp3) is 0.800. The summed E-state index contributed by atoms with van der Waals surface area (Å²) >= 11 is 0. The van der Waals surface area contributed by atoms with Crippen LogP contribution in [0.25, 0.3) is 10.4 Å². The molecule has 1 aliphatic rings. The van der Waals surface area contributed by atoms with Crippen molar-refractivity contribution < 1.29 is 14.3 Å². The van der Waals surface area contributed by atoms with E-state index in [4.69, 9.17) is 10.3 Å². The van der Waals surface area contributed by atoms with Gasteiger partial charge in [0.15, 0.2) is 5.78 Å². The molecule has 7 heteroatoms. The van der Waals surface area contributed by atoms with E-state index in [9.17, 15) is 9.59 Å². The van der Waals surface area contributed by atoms with Gasteiger partial charge in [0.1, 0.15) is 5.60 Å². The van der Waals surface area contributed by atoms with Gasteiger partial charge in [-0.25, -0.2) is 4.79 Å². The predicted octanol–water partition coefficient (Wildman–Crippen LogP) is 1.88. The number of hydrogen-bond donors (Lipinski definition) is 0. The Hall–Kier alpha value is -1.75. The zero-order chi connectivity index (χ0) is 13.1. The van der Waals surface area contributed by atoms with Crippen molar-refractivity contribution in [3.63, 3.8) is 0 Å². The van der Waals surface area contributed by atoms with Gasteiger partial charge in [0.05, 0.1) is 12.6 Å². The van der Waals surface area contributed by atoms with E-state index in [1.165, 1.54) is 4.90 Å². The van der Waals surface area contributed by atoms with Crippen molar-refractivity contribution in [2.24, 2.45) is 5.11 Å². The Bertz CT molecular complexity index is 368. The summed E-state index contributed by atoms with van der Waals surface area (Å²) in [4.78, 5) is 27.2. The van der Waals surface area contributed by atoms with E-state index in [1.807, 2.05) is 0 Å². The summed E-state index contributed by atoms with van der Waals surface area (Å²) < 4.78 is 5.15. The smallest absolute Gasteiger partial charge is 0.410 e. The first-order valence-electron chi connectivity index (χ1n) is 5.38. The summed E-state index contributed by atoms with van der Waals surface area (Å²) in [6.45, 7) is 5.60. The maximum Gasteiger partial charge on any atom is 0.410 e. The number of likely N-dealkylation sites (tertiary alicyclic amines) is 1. The number of ether oxygens (including phenoxy) is 1. The first kappa shape index (κ1) is 13.3. The van der Waals surface area contributed by atoms with Crippen LogP contribution in [0, 0.1) is 0 Å². The van der Waals surface area contributed by atoms with E-state index in [0.717, 1.165) is 0 Å². The first-order valence-corrected chi connectivity index (χ1v) is 5.38. The summed E-state index contributed by atoms with van der Waals surface area (Å²) in [7, 11) is 0. The van der Waals surface area contributed by atoms with Gasteiger partial charge < -0.3 is 9.64 Å². The van der Waals surface area contributed by atoms with Crippen LogP contribution in [0.15, 0.2) is 5.11 Å². The van der Waals surface area contributed by atoms with Gasteiger partial charge in [0.2, 0.25) is 0 Å². The van der Waals surface area contributed by atoms with Gasteiger partial charge in [-0.05, 0) is 32.7 Å². The Morgan fingerprint density at radius 3 is 2.71 bits per heavy atom. The summed E-state index contributed by atoms with van der Waals surface area (Å²) in [6.07, 6.45) is -0.160. The second kappa shape index (κ2) is 5.05. The lowest BCUT2D eigenvalue weighted by Gasteiger charge is -2.31. The molecule has 1 atom stereocenters. The molecule has 0 aromatic carbocycles. The molecule has 7 nitrogen and oxygen atoms in total. The molecule has 0 aromatic rings. The predicted molar refractivity (Wildman–Crippen MR) is 60.4 cm³/mol. The van der Waals surface area contributed by atoms with Crippen LogP contribution in [0.4, 0.5) is 4.79 Å². The summed E-state index contributed by atoms with van der Waals surface area (Å²) in [5, 5.41) is 3.39. The van der Waals surface area contributed by atoms with Crippen LogP contribution >= 0.6 is 0 Å². The Morgan fingerprint density at radius 1 is 1.59 bits per heavy atom. The first-order chi connectivity index (χ1) is 7.83. The number of carbonyl (C=O) groups is 2. The van der Waals surface area contributed by atoms with Gasteiger partial charge in [-0.15, -0.1) is 0 Å². The normalized spacial score (nSPS) is 20.8. The van der Waals surface area contributed by atoms with Crippen molar-refractivity contribution in [1.29, 1.82) is 0 Å². The van der Waals surface area contributed by atoms with Crippen LogP contribution in [0.5, 0.6) is 0 Å². The third-order valence-corrected chi connectivity index (χ3v) is 2.23. The molecule has 1 fully saturated rings. The lowest BCUT2D eigenvalue weighted by atomic mass is 10.1. The van der Waals surface area contributed by atoms with Gasteiger partial charge in [-0.1, -0.05) is 5.11 Å². The number of rotatable bonds is 1. The van der Waals surface area contributed by atoms with Gasteiger partial charge in [0, 0.05) is 11.5 Å². The van der Waals surface area contributed by atoms with Crippen LogP contribution in [0.3, 0.4) is 0 Å². The molecule has 0 unspecified atom stereocenters. The third kappa shape index (κ3) is 3.96. The zero-order valence-electron chi connectivity index (χ0n) is 10.2. The highest BCUT2D eigenvalue weighted by molar-refractivity contribution is 5.89. The molecule has 1 rings (SSSR count). The SMILES string of the molecule is CC(C)(C)OC(=O)N1CC[C@@H](N=[N+]=[N-])C(=O)C1. The van der Waals surface area contributed by atoms with E-state index in [0.29, 0.717) is 13.0 Å². The maximum absolute atomic E-state index is 11.7. The standard InChI is InChI=1S/C10H16N4O3/c1-10(2,3)17-9(16)14-5-4-7(12-13-11)8(15)6-14/h7H,4-6H2,1-3H3/t7-/m1/s1. The van der Waals surface area contributed by atoms with Crippen LogP contribution in [0.1, 0.15) is 27.2 Å². The summed E-state index contributed by atoms with van der Waals surface area (Å²) in [5.74, 6) is -0.250. The summed E-state index contributed by atoms with van der Waals surface area (Å²) in [5.41, 5.74) is 7.68. The number of piperidine rings is 1. The molecule has 0 aliphatic carbocycles. The minimum atomic E-state index is -0.654. The lowest BCUT2D eigenvalue weighted by molar-refractivity contribution is -0.123. The number of amides is 1. The average Bonchev–Trinajstić information content (AvgIpc) is 2.18. The molecule has 0 N–H and O–H groups in total. The molecule has 0 spiro atoms. The minimum absolute atomic E-state index is 0.0569. The topological polar surface area (TPSA) is 95.4 Å². The molecule has 0 saturated carbocycles. The van der Waals surface area contributed by atoms with E-state index >= 15 is 0 Å². The molecule has 0 radical (unpaired) electrons. The molecule has 1 amide bonds. The summed E-state index contributed by atoms with van der Waals surface area (Å²) in [6, 6.07) is -0.654. The Labute approximate surface area is 99.3 Å². The van der Waals surface area contributed by atoms with E-state index in [-0.39, 0.29) is 12.3 Å². The fourth-order valence-electron chi connectivity index (χ4n) is 1.48. The van der Waals surface area contributed by atoms with Gasteiger partial charge >= 0.3 is 6.09 Å². The van der Waals surface area contributed by atoms with Crippen molar-refractivity contribution >= 4 is 11.9 Å². The largest absolute Gasteiger partial charge is 0.444 e. The quantitative estimate of drug-likeness (QED) is 0.397. The van der Waals surface area contributed by atoms with Crippen LogP contribution in [-0.2, 0) is 9.53 Å². The molecule has 1 saturated heterocycles. The van der Waals surface area contributed by atoms with Crippen molar-refractivity contribution in [1.82, 2.24) is 4.90 Å². The number of carbonyl (C=O) groups excluding carboxylic acids is 2. The lowest BCUT2D eigenvalue weighted by Crippen LogP contribution is -2.47. The number of azide groups is 1. The number of ketones is 1. The molecule has 1 aliphatic heterocycles. The zero-order valence-corrected chi connectivity index (χ0v) is 10.2. The average molecular weight is 240 g/mol. The second-order valence-corrected chi connectivity index (χ2v) is 4.88. The van der Waals surface area contributed by atoms with Crippen LogP contribution in [0.2, 0.25) is 0 Å². The van der Waals surface area contributed by atoms with Crippen LogP contribution < -0.4 is 0 Å². The highest BCUT2D eigenvalue weighted by Gasteiger charge is 2.31. The van der Waals surface area contributed by atoms with E-state index in [2.05, 4.69) is 10.0 Å². The van der Waals surface area contributed by atoms with Gasteiger partial charge in [0.25, 0.3) is 0 Å². The van der Waals surface area contributed by atoms with Crippen molar-refractivity contribution in [2.45, 2.75) is 38.8 Å².